The average Bonchev–Trinajstić information content (AvgIpc) is 1.82. The van der Waals surface area contributed by atoms with E-state index in [1.165, 1.54) is 0 Å². The van der Waals surface area contributed by atoms with Crippen LogP contribution < -0.4 is 5.73 Å². The van der Waals surface area contributed by atoms with E-state index in [1.807, 2.05) is 0 Å². The van der Waals surface area contributed by atoms with Crippen molar-refractivity contribution in [2.75, 3.05) is 0 Å². The van der Waals surface area contributed by atoms with Crippen LogP contribution in [0.4, 0.5) is 0 Å². The predicted octanol–water partition coefficient (Wildman–Crippen LogP) is 0.960. The first-order valence-corrected chi connectivity index (χ1v) is 3.20. The molecule has 0 spiro atoms. The Hall–Kier alpha value is -0.990. The number of nitrogens with two attached hydrogens (primary N) is 1. The third kappa shape index (κ3) is 3.95. The van der Waals surface area contributed by atoms with Crippen LogP contribution >= 0.6 is 0 Å². The maximum absolute atomic E-state index is 10.2. The first kappa shape index (κ1) is 9.01. The summed E-state index contributed by atoms with van der Waals surface area (Å²) < 4.78 is 0. The molecule has 10 heavy (non-hydrogen) atoms. The smallest absolute Gasteiger partial charge is 0.306 e. The van der Waals surface area contributed by atoms with Crippen LogP contribution in [-0.2, 0) is 4.79 Å². The van der Waals surface area contributed by atoms with Crippen LogP contribution in [0.1, 0.15) is 19.8 Å². The van der Waals surface area contributed by atoms with Crippen LogP contribution in [-0.4, -0.2) is 11.1 Å². The molecule has 1 atom stereocenters. The molecule has 3 nitrogen and oxygen atoms in total. The first-order valence-electron chi connectivity index (χ1n) is 3.20. The summed E-state index contributed by atoms with van der Waals surface area (Å²) >= 11 is 0. The highest BCUT2D eigenvalue weighted by molar-refractivity contribution is 5.69. The van der Waals surface area contributed by atoms with E-state index in [2.05, 4.69) is 6.58 Å². The summed E-state index contributed by atoms with van der Waals surface area (Å²) in [7, 11) is 0. The molecule has 0 aliphatic rings. The van der Waals surface area contributed by atoms with Gasteiger partial charge >= 0.3 is 5.97 Å². The average molecular weight is 143 g/mol. The van der Waals surface area contributed by atoms with Crippen molar-refractivity contribution in [2.45, 2.75) is 19.8 Å². The molecule has 0 aliphatic carbocycles. The molecule has 0 saturated carbocycles. The van der Waals surface area contributed by atoms with Crippen molar-refractivity contribution in [3.8, 4) is 0 Å². The Morgan fingerprint density at radius 1 is 1.80 bits per heavy atom. The predicted molar refractivity (Wildman–Crippen MR) is 39.4 cm³/mol. The van der Waals surface area contributed by atoms with E-state index in [0.717, 1.165) is 0 Å². The van der Waals surface area contributed by atoms with Gasteiger partial charge < -0.3 is 10.8 Å². The van der Waals surface area contributed by atoms with Crippen molar-refractivity contribution in [1.29, 1.82) is 0 Å². The van der Waals surface area contributed by atoms with E-state index >= 15 is 0 Å². The van der Waals surface area contributed by atoms with Crippen LogP contribution in [0.15, 0.2) is 12.3 Å². The number of carboxylic acids is 1. The fraction of sp³-hybridized carbons (Fsp3) is 0.571. The lowest BCUT2D eigenvalue weighted by Gasteiger charge is -2.03. The molecule has 0 amide bonds. The zero-order chi connectivity index (χ0) is 8.15. The van der Waals surface area contributed by atoms with Crippen molar-refractivity contribution in [3.63, 3.8) is 0 Å². The molecular formula is C7H13NO2. The Balaban J connectivity index is 3.49. The fourth-order valence-corrected chi connectivity index (χ4v) is 0.525. The van der Waals surface area contributed by atoms with E-state index in [4.69, 9.17) is 10.8 Å². The molecule has 0 aromatic rings. The number of hydrogen-bond acceptors (Lipinski definition) is 2. The van der Waals surface area contributed by atoms with Gasteiger partial charge in [0.05, 0.1) is 5.92 Å². The summed E-state index contributed by atoms with van der Waals surface area (Å²) in [5, 5.41) is 8.42. The largest absolute Gasteiger partial charge is 0.481 e. The number of hydrogen-bond donors (Lipinski definition) is 2. The van der Waals surface area contributed by atoms with Crippen molar-refractivity contribution in [1.82, 2.24) is 0 Å². The molecule has 0 radical (unpaired) electrons. The Labute approximate surface area is 60.5 Å². The van der Waals surface area contributed by atoms with Crippen LogP contribution in [0.2, 0.25) is 0 Å². The maximum atomic E-state index is 10.2. The quantitative estimate of drug-likeness (QED) is 0.616. The van der Waals surface area contributed by atoms with Crippen LogP contribution in [0.25, 0.3) is 0 Å². The lowest BCUT2D eigenvalue weighted by Crippen LogP contribution is -2.10. The van der Waals surface area contributed by atoms with Crippen LogP contribution in [0, 0.1) is 5.92 Å². The molecule has 58 valence electrons. The van der Waals surface area contributed by atoms with Gasteiger partial charge in [-0.1, -0.05) is 13.5 Å². The van der Waals surface area contributed by atoms with Gasteiger partial charge in [0, 0.05) is 5.70 Å². The fourth-order valence-electron chi connectivity index (χ4n) is 0.525. The van der Waals surface area contributed by atoms with Gasteiger partial charge in [-0.2, -0.15) is 0 Å². The zero-order valence-corrected chi connectivity index (χ0v) is 6.13. The topological polar surface area (TPSA) is 63.3 Å². The Kier molecular flexibility index (Phi) is 3.54. The maximum Gasteiger partial charge on any atom is 0.306 e. The Morgan fingerprint density at radius 3 is 2.60 bits per heavy atom. The Morgan fingerprint density at radius 2 is 2.30 bits per heavy atom. The normalized spacial score (nSPS) is 12.5. The molecule has 0 unspecified atom stereocenters. The van der Waals surface area contributed by atoms with Crippen molar-refractivity contribution >= 4 is 5.97 Å². The summed E-state index contributed by atoms with van der Waals surface area (Å²) in [6.07, 6.45) is 1.16. The molecule has 0 saturated heterocycles. The molecule has 0 fully saturated rings. The zero-order valence-electron chi connectivity index (χ0n) is 6.13. The van der Waals surface area contributed by atoms with Crippen molar-refractivity contribution in [2.24, 2.45) is 11.7 Å². The highest BCUT2D eigenvalue weighted by Crippen LogP contribution is 2.07. The summed E-state index contributed by atoms with van der Waals surface area (Å²) in [6, 6.07) is 0. The van der Waals surface area contributed by atoms with Gasteiger partial charge in [-0.15, -0.1) is 0 Å². The van der Waals surface area contributed by atoms with Crippen LogP contribution in [0.5, 0.6) is 0 Å². The second kappa shape index (κ2) is 3.93. The summed E-state index contributed by atoms with van der Waals surface area (Å²) in [6.45, 7) is 5.13. The second-order valence-corrected chi connectivity index (χ2v) is 2.44. The SMILES string of the molecule is C=C(N)CC[C@@H](C)C(=O)O. The van der Waals surface area contributed by atoms with Crippen molar-refractivity contribution < 1.29 is 9.90 Å². The van der Waals surface area contributed by atoms with E-state index < -0.39 is 5.97 Å². The number of aliphatic carboxylic acids is 1. The lowest BCUT2D eigenvalue weighted by molar-refractivity contribution is -0.141. The van der Waals surface area contributed by atoms with E-state index in [-0.39, 0.29) is 5.92 Å². The minimum Gasteiger partial charge on any atom is -0.481 e. The summed E-state index contributed by atoms with van der Waals surface area (Å²) in [5.74, 6) is -1.10. The number of carboxylic acid groups (broad SMARTS) is 1. The molecule has 0 heterocycles. The minimum atomic E-state index is -0.777. The number of rotatable bonds is 4. The van der Waals surface area contributed by atoms with Gasteiger partial charge in [0.1, 0.15) is 0 Å². The van der Waals surface area contributed by atoms with Gasteiger partial charge in [-0.25, -0.2) is 0 Å². The van der Waals surface area contributed by atoms with E-state index in [1.54, 1.807) is 6.92 Å². The van der Waals surface area contributed by atoms with E-state index in [9.17, 15) is 4.79 Å². The van der Waals surface area contributed by atoms with Crippen LogP contribution in [0.3, 0.4) is 0 Å². The molecule has 0 aromatic carbocycles. The van der Waals surface area contributed by atoms with Gasteiger partial charge in [-0.05, 0) is 12.8 Å². The standard InChI is InChI=1S/C7H13NO2/c1-5(7(9)10)3-4-6(2)8/h5H,2-4,8H2,1H3,(H,9,10)/t5-/m1/s1. The number of allylic oxidation sites excluding steroid dienone is 1. The third-order valence-corrected chi connectivity index (χ3v) is 1.32. The molecule has 0 rings (SSSR count). The molecule has 0 aromatic heterocycles. The monoisotopic (exact) mass is 143 g/mol. The highest BCUT2D eigenvalue weighted by atomic mass is 16.4. The number of carbonyl (C=O) groups is 1. The minimum absolute atomic E-state index is 0.319. The van der Waals surface area contributed by atoms with Gasteiger partial charge in [0.2, 0.25) is 0 Å². The van der Waals surface area contributed by atoms with Gasteiger partial charge in [0.15, 0.2) is 0 Å². The van der Waals surface area contributed by atoms with Gasteiger partial charge in [0.25, 0.3) is 0 Å². The molecule has 3 heteroatoms. The molecule has 0 bridgehead atoms. The second-order valence-electron chi connectivity index (χ2n) is 2.44. The molecular weight excluding hydrogens is 130 g/mol. The Bertz CT molecular complexity index is 143. The van der Waals surface area contributed by atoms with Gasteiger partial charge in [-0.3, -0.25) is 4.79 Å². The summed E-state index contributed by atoms with van der Waals surface area (Å²) in [5.41, 5.74) is 5.80. The molecule has 0 aliphatic heterocycles. The van der Waals surface area contributed by atoms with E-state index in [0.29, 0.717) is 18.5 Å². The highest BCUT2D eigenvalue weighted by Gasteiger charge is 2.09. The third-order valence-electron chi connectivity index (χ3n) is 1.32. The first-order chi connectivity index (χ1) is 4.54. The molecule has 3 N–H and O–H groups in total. The van der Waals surface area contributed by atoms with Crippen molar-refractivity contribution in [3.05, 3.63) is 12.3 Å². The summed E-state index contributed by atoms with van der Waals surface area (Å²) in [4.78, 5) is 10.2. The lowest BCUT2D eigenvalue weighted by atomic mass is 10.1.